The number of aliphatic hydroxyl groups is 1. The molecule has 0 aliphatic heterocycles. The maximum Gasteiger partial charge on any atom is 0.267 e. The summed E-state index contributed by atoms with van der Waals surface area (Å²) in [6, 6.07) is 9.53. The van der Waals surface area contributed by atoms with Gasteiger partial charge in [-0.2, -0.15) is 8.42 Å². The number of aliphatic hydroxyl groups excluding tert-OH is 1. The summed E-state index contributed by atoms with van der Waals surface area (Å²) in [6.07, 6.45) is -1.10. The van der Waals surface area contributed by atoms with Gasteiger partial charge in [0.1, 0.15) is 5.75 Å². The lowest BCUT2D eigenvalue weighted by Gasteiger charge is -2.09. The van der Waals surface area contributed by atoms with Gasteiger partial charge < -0.3 is 10.4 Å². The number of nitrogens with one attached hydrogen (secondary N) is 1. The Bertz CT molecular complexity index is 404. The average molecular weight is 245 g/mol. The second kappa shape index (κ2) is 5.95. The minimum absolute atomic E-state index is 0.120. The zero-order chi connectivity index (χ0) is 12.0. The first-order chi connectivity index (χ1) is 7.47. The first-order valence-corrected chi connectivity index (χ1v) is 6.46. The van der Waals surface area contributed by atoms with Gasteiger partial charge in [0.2, 0.25) is 0 Å². The maximum atomic E-state index is 10.4. The van der Waals surface area contributed by atoms with Crippen molar-refractivity contribution in [2.75, 3.05) is 12.3 Å². The van der Waals surface area contributed by atoms with E-state index in [4.69, 9.17) is 4.55 Å². The molecule has 0 amide bonds. The SMILES string of the molecule is O=S(=O)(O)CC(O)CNCc1ccccc1. The average Bonchev–Trinajstić information content (AvgIpc) is 2.16. The van der Waals surface area contributed by atoms with Crippen LogP contribution in [0.25, 0.3) is 0 Å². The molecule has 90 valence electrons. The van der Waals surface area contributed by atoms with Gasteiger partial charge in [-0.1, -0.05) is 30.3 Å². The molecule has 1 unspecified atom stereocenters. The molecule has 1 aromatic carbocycles. The number of rotatable bonds is 6. The quantitative estimate of drug-likeness (QED) is 0.615. The molecule has 0 aliphatic carbocycles. The molecule has 0 saturated carbocycles. The molecule has 0 aromatic heterocycles. The van der Waals surface area contributed by atoms with Crippen LogP contribution < -0.4 is 5.32 Å². The molecule has 0 fully saturated rings. The molecule has 0 radical (unpaired) electrons. The Kier molecular flexibility index (Phi) is 4.88. The maximum absolute atomic E-state index is 10.4. The van der Waals surface area contributed by atoms with Crippen molar-refractivity contribution < 1.29 is 18.1 Å². The standard InChI is InChI=1S/C10H15NO4S/c12-10(8-16(13,14)15)7-11-6-9-4-2-1-3-5-9/h1-5,10-12H,6-8H2,(H,13,14,15). The highest BCUT2D eigenvalue weighted by molar-refractivity contribution is 7.85. The lowest BCUT2D eigenvalue weighted by atomic mass is 10.2. The first kappa shape index (κ1) is 13.1. The summed E-state index contributed by atoms with van der Waals surface area (Å²) in [5.41, 5.74) is 1.04. The normalized spacial score (nSPS) is 13.6. The van der Waals surface area contributed by atoms with E-state index in [-0.39, 0.29) is 6.54 Å². The van der Waals surface area contributed by atoms with Gasteiger partial charge >= 0.3 is 0 Å². The fourth-order valence-corrected chi connectivity index (χ4v) is 1.89. The third-order valence-corrected chi connectivity index (χ3v) is 2.76. The largest absolute Gasteiger partial charge is 0.391 e. The van der Waals surface area contributed by atoms with Crippen molar-refractivity contribution in [2.24, 2.45) is 0 Å². The molecule has 0 spiro atoms. The minimum atomic E-state index is -4.11. The Morgan fingerprint density at radius 3 is 2.44 bits per heavy atom. The van der Waals surface area contributed by atoms with Gasteiger partial charge in [0, 0.05) is 13.1 Å². The highest BCUT2D eigenvalue weighted by Gasteiger charge is 2.13. The molecular formula is C10H15NO4S. The highest BCUT2D eigenvalue weighted by Crippen LogP contribution is 1.97. The van der Waals surface area contributed by atoms with Crippen LogP contribution in [0.4, 0.5) is 0 Å². The summed E-state index contributed by atoms with van der Waals surface area (Å²) in [5, 5.41) is 12.2. The molecule has 0 bridgehead atoms. The molecule has 0 aliphatic rings. The summed E-state index contributed by atoms with van der Waals surface area (Å²) in [5.74, 6) is -0.644. The number of hydrogen-bond donors (Lipinski definition) is 3. The van der Waals surface area contributed by atoms with Gasteiger partial charge in [-0.25, -0.2) is 0 Å². The lowest BCUT2D eigenvalue weighted by Crippen LogP contribution is -2.32. The summed E-state index contributed by atoms with van der Waals surface area (Å²) >= 11 is 0. The van der Waals surface area contributed by atoms with E-state index < -0.39 is 22.0 Å². The van der Waals surface area contributed by atoms with Crippen molar-refractivity contribution in [1.82, 2.24) is 5.32 Å². The Morgan fingerprint density at radius 1 is 1.25 bits per heavy atom. The van der Waals surface area contributed by atoms with Crippen molar-refractivity contribution in [3.05, 3.63) is 35.9 Å². The van der Waals surface area contributed by atoms with Crippen molar-refractivity contribution in [3.63, 3.8) is 0 Å². The molecule has 5 nitrogen and oxygen atoms in total. The van der Waals surface area contributed by atoms with Crippen LogP contribution in [0.2, 0.25) is 0 Å². The van der Waals surface area contributed by atoms with Gasteiger partial charge in [0.25, 0.3) is 10.1 Å². The van der Waals surface area contributed by atoms with Crippen LogP contribution in [0.15, 0.2) is 30.3 Å². The zero-order valence-corrected chi connectivity index (χ0v) is 9.52. The van der Waals surface area contributed by atoms with Crippen LogP contribution in [0.1, 0.15) is 5.56 Å². The Balaban J connectivity index is 2.26. The van der Waals surface area contributed by atoms with Crippen LogP contribution in [0.3, 0.4) is 0 Å². The molecule has 1 atom stereocenters. The smallest absolute Gasteiger partial charge is 0.267 e. The molecule has 0 heterocycles. The third kappa shape index (κ3) is 5.82. The number of hydrogen-bond acceptors (Lipinski definition) is 4. The van der Waals surface area contributed by atoms with E-state index in [0.717, 1.165) is 5.56 Å². The van der Waals surface area contributed by atoms with E-state index in [2.05, 4.69) is 5.32 Å². The van der Waals surface area contributed by atoms with E-state index in [1.807, 2.05) is 30.3 Å². The van der Waals surface area contributed by atoms with E-state index >= 15 is 0 Å². The zero-order valence-electron chi connectivity index (χ0n) is 8.70. The fourth-order valence-electron chi connectivity index (χ4n) is 1.28. The van der Waals surface area contributed by atoms with Gasteiger partial charge in [-0.05, 0) is 5.56 Å². The molecular weight excluding hydrogens is 230 g/mol. The van der Waals surface area contributed by atoms with Gasteiger partial charge in [0.15, 0.2) is 0 Å². The molecule has 3 N–H and O–H groups in total. The van der Waals surface area contributed by atoms with Gasteiger partial charge in [0.05, 0.1) is 6.10 Å². The van der Waals surface area contributed by atoms with Gasteiger partial charge in [-0.3, -0.25) is 4.55 Å². The predicted molar refractivity (Wildman–Crippen MR) is 60.6 cm³/mol. The fraction of sp³-hybridized carbons (Fsp3) is 0.400. The molecule has 6 heteroatoms. The molecule has 16 heavy (non-hydrogen) atoms. The van der Waals surface area contributed by atoms with Crippen LogP contribution in [0, 0.1) is 0 Å². The van der Waals surface area contributed by atoms with Crippen LogP contribution >= 0.6 is 0 Å². The van der Waals surface area contributed by atoms with Crippen LogP contribution in [0.5, 0.6) is 0 Å². The number of benzene rings is 1. The van der Waals surface area contributed by atoms with E-state index in [1.54, 1.807) is 0 Å². The molecule has 1 aromatic rings. The molecule has 0 saturated heterocycles. The van der Waals surface area contributed by atoms with Crippen LogP contribution in [-0.2, 0) is 16.7 Å². The van der Waals surface area contributed by atoms with E-state index in [9.17, 15) is 13.5 Å². The van der Waals surface area contributed by atoms with Gasteiger partial charge in [-0.15, -0.1) is 0 Å². The van der Waals surface area contributed by atoms with Crippen LogP contribution in [-0.4, -0.2) is 36.5 Å². The second-order valence-electron chi connectivity index (χ2n) is 3.52. The van der Waals surface area contributed by atoms with Crippen molar-refractivity contribution >= 4 is 10.1 Å². The second-order valence-corrected chi connectivity index (χ2v) is 5.02. The minimum Gasteiger partial charge on any atom is -0.391 e. The summed E-state index contributed by atoms with van der Waals surface area (Å²) < 4.78 is 29.4. The highest BCUT2D eigenvalue weighted by atomic mass is 32.2. The first-order valence-electron chi connectivity index (χ1n) is 4.85. The predicted octanol–water partition coefficient (Wildman–Crippen LogP) is 0.0249. The lowest BCUT2D eigenvalue weighted by molar-refractivity contribution is 0.191. The summed E-state index contributed by atoms with van der Waals surface area (Å²) in [6.45, 7) is 0.665. The van der Waals surface area contributed by atoms with E-state index in [0.29, 0.717) is 6.54 Å². The topological polar surface area (TPSA) is 86.6 Å². The third-order valence-electron chi connectivity index (χ3n) is 1.95. The summed E-state index contributed by atoms with van der Waals surface area (Å²) in [7, 11) is -4.11. The Labute approximate surface area is 94.9 Å². The molecule has 1 rings (SSSR count). The van der Waals surface area contributed by atoms with Crippen molar-refractivity contribution in [2.45, 2.75) is 12.6 Å². The Morgan fingerprint density at radius 2 is 1.88 bits per heavy atom. The monoisotopic (exact) mass is 245 g/mol. The van der Waals surface area contributed by atoms with E-state index in [1.165, 1.54) is 0 Å². The Hall–Kier alpha value is -0.950. The summed E-state index contributed by atoms with van der Waals surface area (Å²) in [4.78, 5) is 0. The van der Waals surface area contributed by atoms with Crippen molar-refractivity contribution in [1.29, 1.82) is 0 Å². The van der Waals surface area contributed by atoms with Crippen molar-refractivity contribution in [3.8, 4) is 0 Å².